The van der Waals surface area contributed by atoms with Crippen LogP contribution < -0.4 is 4.74 Å². The zero-order valence-electron chi connectivity index (χ0n) is 21.3. The number of nitrogens with zero attached hydrogens (tertiary/aromatic N) is 2. The van der Waals surface area contributed by atoms with Gasteiger partial charge in [0.2, 0.25) is 5.91 Å². The number of hydrogen-bond acceptors (Lipinski definition) is 3. The molecular weight excluding hydrogens is 462 g/mol. The number of aromatic amines is 1. The van der Waals surface area contributed by atoms with Gasteiger partial charge in [-0.1, -0.05) is 36.4 Å². The third-order valence-electron chi connectivity index (χ3n) is 8.25. The molecule has 2 fully saturated rings. The fourth-order valence-corrected chi connectivity index (χ4v) is 6.20. The van der Waals surface area contributed by atoms with Crippen LogP contribution in [-0.4, -0.2) is 59.9 Å². The minimum atomic E-state index is -0.124. The number of likely N-dealkylation sites (tertiary alicyclic amines) is 2. The zero-order valence-corrected chi connectivity index (χ0v) is 21.3. The maximum atomic E-state index is 13.5. The van der Waals surface area contributed by atoms with E-state index in [1.807, 2.05) is 58.3 Å². The average molecular weight is 496 g/mol. The van der Waals surface area contributed by atoms with Gasteiger partial charge in [-0.15, -0.1) is 0 Å². The molecule has 6 rings (SSSR count). The van der Waals surface area contributed by atoms with E-state index in [4.69, 9.17) is 4.74 Å². The number of fused-ring (bicyclic) bond motifs is 2. The number of carbonyl (C=O) groups is 2. The summed E-state index contributed by atoms with van der Waals surface area (Å²) in [6.45, 7) is 2.73. The topological polar surface area (TPSA) is 65.6 Å². The van der Waals surface area contributed by atoms with E-state index in [1.54, 1.807) is 7.11 Å². The molecule has 3 heterocycles. The van der Waals surface area contributed by atoms with E-state index >= 15 is 0 Å². The first-order chi connectivity index (χ1) is 18.1. The molecule has 6 nitrogen and oxygen atoms in total. The Labute approximate surface area is 217 Å². The number of nitrogens with one attached hydrogen (secondary N) is 1. The van der Waals surface area contributed by atoms with Gasteiger partial charge in [-0.25, -0.2) is 0 Å². The molecule has 3 aromatic carbocycles. The second-order valence-corrected chi connectivity index (χ2v) is 10.4. The number of hydrogen-bond donors (Lipinski definition) is 1. The summed E-state index contributed by atoms with van der Waals surface area (Å²) in [5.41, 5.74) is 3.15. The predicted octanol–water partition coefficient (Wildman–Crippen LogP) is 5.59. The predicted molar refractivity (Wildman–Crippen MR) is 146 cm³/mol. The third kappa shape index (κ3) is 4.45. The number of H-pyrrole nitrogens is 1. The molecule has 0 spiro atoms. The van der Waals surface area contributed by atoms with Crippen LogP contribution in [0.4, 0.5) is 0 Å². The highest BCUT2D eigenvalue weighted by Gasteiger charge is 2.34. The lowest BCUT2D eigenvalue weighted by Gasteiger charge is -2.38. The van der Waals surface area contributed by atoms with Crippen LogP contribution in [-0.2, 0) is 4.79 Å². The van der Waals surface area contributed by atoms with Crippen LogP contribution in [0.3, 0.4) is 0 Å². The monoisotopic (exact) mass is 495 g/mol. The summed E-state index contributed by atoms with van der Waals surface area (Å²) >= 11 is 0. The van der Waals surface area contributed by atoms with Gasteiger partial charge in [0.1, 0.15) is 5.75 Å². The van der Waals surface area contributed by atoms with Crippen molar-refractivity contribution < 1.29 is 14.3 Å². The van der Waals surface area contributed by atoms with Gasteiger partial charge in [0.25, 0.3) is 5.91 Å². The maximum absolute atomic E-state index is 13.5. The van der Waals surface area contributed by atoms with Crippen molar-refractivity contribution in [3.63, 3.8) is 0 Å². The largest absolute Gasteiger partial charge is 0.497 e. The molecule has 1 atom stereocenters. The Bertz CT molecular complexity index is 1450. The van der Waals surface area contributed by atoms with E-state index in [9.17, 15) is 9.59 Å². The standard InChI is InChI=1S/C31H33N3O3/c1-37-24-11-12-29-27(18-24)28(19-32-29)22-13-16-33(17-14-22)30(35)23-8-5-15-34(20-23)31(36)26-10-4-7-21-6-2-3-9-25(21)26/h2-4,6-7,9-12,18-19,22-23,32H,5,8,13-17,20H2,1H3. The molecule has 2 saturated heterocycles. The van der Waals surface area contributed by atoms with Gasteiger partial charge in [-0.05, 0) is 72.2 Å². The number of rotatable bonds is 4. The van der Waals surface area contributed by atoms with Crippen LogP contribution in [0.15, 0.2) is 66.9 Å². The molecule has 1 unspecified atom stereocenters. The lowest BCUT2D eigenvalue weighted by atomic mass is 9.88. The van der Waals surface area contributed by atoms with Crippen molar-refractivity contribution in [1.82, 2.24) is 14.8 Å². The molecule has 2 amide bonds. The van der Waals surface area contributed by atoms with Crippen LogP contribution in [0.1, 0.15) is 47.5 Å². The van der Waals surface area contributed by atoms with Crippen molar-refractivity contribution in [2.75, 3.05) is 33.3 Å². The van der Waals surface area contributed by atoms with Crippen molar-refractivity contribution in [1.29, 1.82) is 0 Å². The van der Waals surface area contributed by atoms with Crippen LogP contribution >= 0.6 is 0 Å². The van der Waals surface area contributed by atoms with Crippen LogP contribution in [0.2, 0.25) is 0 Å². The molecule has 1 N–H and O–H groups in total. The van der Waals surface area contributed by atoms with Gasteiger partial charge in [0, 0.05) is 48.8 Å². The first kappa shape index (κ1) is 23.6. The minimum absolute atomic E-state index is 0.0303. The Morgan fingerprint density at radius 2 is 1.70 bits per heavy atom. The molecule has 37 heavy (non-hydrogen) atoms. The van der Waals surface area contributed by atoms with Crippen molar-refractivity contribution in [3.05, 3.63) is 78.0 Å². The van der Waals surface area contributed by atoms with Crippen molar-refractivity contribution in [3.8, 4) is 5.75 Å². The summed E-state index contributed by atoms with van der Waals surface area (Å²) in [5.74, 6) is 1.39. The number of aromatic nitrogens is 1. The smallest absolute Gasteiger partial charge is 0.254 e. The fourth-order valence-electron chi connectivity index (χ4n) is 6.20. The summed E-state index contributed by atoms with van der Waals surface area (Å²) < 4.78 is 5.43. The Hall–Kier alpha value is -3.80. The first-order valence-electron chi connectivity index (χ1n) is 13.3. The highest BCUT2D eigenvalue weighted by Crippen LogP contribution is 2.35. The lowest BCUT2D eigenvalue weighted by molar-refractivity contribution is -0.138. The summed E-state index contributed by atoms with van der Waals surface area (Å²) in [6, 6.07) is 20.0. The molecule has 1 aromatic heterocycles. The number of amides is 2. The average Bonchev–Trinajstić information content (AvgIpc) is 3.39. The van der Waals surface area contributed by atoms with E-state index in [1.165, 1.54) is 10.9 Å². The van der Waals surface area contributed by atoms with Crippen molar-refractivity contribution >= 4 is 33.5 Å². The van der Waals surface area contributed by atoms with E-state index < -0.39 is 0 Å². The van der Waals surface area contributed by atoms with Gasteiger partial charge >= 0.3 is 0 Å². The number of benzene rings is 3. The quantitative estimate of drug-likeness (QED) is 0.402. The number of piperidine rings is 2. The molecular formula is C31H33N3O3. The Kier molecular flexibility index (Phi) is 6.33. The van der Waals surface area contributed by atoms with E-state index in [0.717, 1.165) is 66.4 Å². The van der Waals surface area contributed by atoms with Gasteiger partial charge in [0.15, 0.2) is 0 Å². The molecule has 0 bridgehead atoms. The SMILES string of the molecule is COc1ccc2[nH]cc(C3CCN(C(=O)C4CCCN(C(=O)c5cccc6ccccc56)C4)CC3)c2c1. The molecule has 2 aliphatic rings. The van der Waals surface area contributed by atoms with E-state index in [-0.39, 0.29) is 17.7 Å². The summed E-state index contributed by atoms with van der Waals surface area (Å²) in [4.78, 5) is 34.3. The number of ether oxygens (including phenoxy) is 1. The maximum Gasteiger partial charge on any atom is 0.254 e. The van der Waals surface area contributed by atoms with Crippen LogP contribution in [0, 0.1) is 5.92 Å². The normalized spacial score (nSPS) is 18.9. The number of methoxy groups -OCH3 is 1. The number of carbonyl (C=O) groups excluding carboxylic acids is 2. The second-order valence-electron chi connectivity index (χ2n) is 10.4. The van der Waals surface area contributed by atoms with Crippen LogP contribution in [0.5, 0.6) is 5.75 Å². The zero-order chi connectivity index (χ0) is 25.4. The van der Waals surface area contributed by atoms with Crippen LogP contribution in [0.25, 0.3) is 21.7 Å². The van der Waals surface area contributed by atoms with E-state index in [2.05, 4.69) is 23.3 Å². The molecule has 2 aliphatic heterocycles. The minimum Gasteiger partial charge on any atom is -0.497 e. The summed E-state index contributed by atoms with van der Waals surface area (Å²) in [7, 11) is 1.69. The fraction of sp³-hybridized carbons (Fsp3) is 0.355. The van der Waals surface area contributed by atoms with Gasteiger partial charge < -0.3 is 19.5 Å². The lowest BCUT2D eigenvalue weighted by Crippen LogP contribution is -2.48. The molecule has 0 radical (unpaired) electrons. The molecule has 4 aromatic rings. The van der Waals surface area contributed by atoms with Crippen molar-refractivity contribution in [2.24, 2.45) is 5.92 Å². The molecule has 0 aliphatic carbocycles. The molecule has 190 valence electrons. The summed E-state index contributed by atoms with van der Waals surface area (Å²) in [6.07, 6.45) is 5.72. The molecule has 0 saturated carbocycles. The third-order valence-corrected chi connectivity index (χ3v) is 8.25. The van der Waals surface area contributed by atoms with Gasteiger partial charge in [0.05, 0.1) is 13.0 Å². The highest BCUT2D eigenvalue weighted by atomic mass is 16.5. The van der Waals surface area contributed by atoms with Crippen molar-refractivity contribution in [2.45, 2.75) is 31.6 Å². The Morgan fingerprint density at radius 3 is 2.54 bits per heavy atom. The van der Waals surface area contributed by atoms with Gasteiger partial charge in [-0.3, -0.25) is 9.59 Å². The Balaban J connectivity index is 1.11. The Morgan fingerprint density at radius 1 is 0.892 bits per heavy atom. The second kappa shape index (κ2) is 9.92. The van der Waals surface area contributed by atoms with E-state index in [0.29, 0.717) is 19.0 Å². The van der Waals surface area contributed by atoms with Gasteiger partial charge in [-0.2, -0.15) is 0 Å². The molecule has 6 heteroatoms. The first-order valence-corrected chi connectivity index (χ1v) is 13.3. The highest BCUT2D eigenvalue weighted by molar-refractivity contribution is 6.07. The summed E-state index contributed by atoms with van der Waals surface area (Å²) in [5, 5.41) is 3.24.